The summed E-state index contributed by atoms with van der Waals surface area (Å²) in [5.74, 6) is -1.93. The molecule has 0 radical (unpaired) electrons. The number of nitrogens with zero attached hydrogens (tertiary/aromatic N) is 1. The maximum absolute atomic E-state index is 14.0. The molecule has 0 spiro atoms. The van der Waals surface area contributed by atoms with Crippen LogP contribution in [0.1, 0.15) is 141 Å². The molecular formula is C70H103NO25. The average molecular weight is 1360 g/mol. The molecule has 31 atom stereocenters. The topological polar surface area (TPSA) is 336 Å². The van der Waals surface area contributed by atoms with Crippen LogP contribution in [0.25, 0.3) is 6.08 Å². The van der Waals surface area contributed by atoms with Gasteiger partial charge < -0.3 is 112 Å². The SMILES string of the molecule is CO[C@@H]1C[C@H](O[C@@H]2CC[C@]3(C)[C@H](CC[C@]4(O)[C@H]3C[C@@H](OC(=O)C=Cc3ccccc3)[C@@]3(C)[C@@]4(O)CC[C@]3(O)[C@H](C)OC(=O)c3cccnc3)C2)O[C@H](C)[C@@H]1O[C@H]1C[C@@H](OC)[C@@H](O[C@H]2C[C@@H](OC)[C@@H](O[C@H]3C[C@@H](OC)[C@@H](O[C@H]4O[C@@H](CO)[C@H](O)[C@H](O)[C@@H]4O)[C@@H](C)O3)[C@@H](C)O2)[C@@H](C)O1. The third kappa shape index (κ3) is 13.9. The highest BCUT2D eigenvalue weighted by molar-refractivity contribution is 5.89. The highest BCUT2D eigenvalue weighted by Crippen LogP contribution is 2.72. The number of carbonyl (C=O) groups excluding carboxylic acids is 2. The van der Waals surface area contributed by atoms with E-state index in [9.17, 15) is 45.3 Å². The summed E-state index contributed by atoms with van der Waals surface area (Å²) < 4.78 is 101. The molecule has 9 fully saturated rings. The number of carbonyl (C=O) groups is 2. The Morgan fingerprint density at radius 3 is 1.67 bits per heavy atom. The lowest BCUT2D eigenvalue weighted by atomic mass is 9.40. The van der Waals surface area contributed by atoms with Crippen molar-refractivity contribution < 1.29 is 121 Å². The number of pyridine rings is 1. The fourth-order valence-corrected chi connectivity index (χ4v) is 18.0. The number of hydrogen-bond donors (Lipinski definition) is 7. The zero-order valence-electron chi connectivity index (χ0n) is 57.0. The Labute approximate surface area is 561 Å². The second-order valence-corrected chi connectivity index (χ2v) is 28.7. The van der Waals surface area contributed by atoms with Crippen LogP contribution >= 0.6 is 0 Å². The zero-order chi connectivity index (χ0) is 68.8. The minimum Gasteiger partial charge on any atom is -0.458 e. The number of aliphatic hydroxyl groups excluding tert-OH is 4. The summed E-state index contributed by atoms with van der Waals surface area (Å²) in [6, 6.07) is 12.5. The highest BCUT2D eigenvalue weighted by atomic mass is 16.8. The van der Waals surface area contributed by atoms with Crippen LogP contribution in [-0.4, -0.2) is 252 Å². The van der Waals surface area contributed by atoms with E-state index in [0.29, 0.717) is 44.9 Å². The standard InChI is InChI=1S/C70H103NO25/c1-36-60(93-54-30-46(82-9)61(37(2)86-54)94-55-31-47(83-10)62(38(3)87-55)95-56-32-48(84-11)63(39(4)88-56)96-65-59(76)58(75)57(74)49(35-72)91-65)45(81-8)29-53(85-36)90-44-22-23-66(6)43(28-44)21-24-69(79)50(66)33-51(92-52(73)20-19-41-16-13-12-14-17-41)67(7)68(78,25-26-70(67,69)80)40(5)89-64(77)42-18-15-27-71-34-42/h12-20,27,34,36-40,43-51,53-63,65,72,74-76,78-80H,21-26,28-33,35H2,1-11H3/t36-,37-,38-,39-,40+,43-,44-,45-,46-,47-,48-,49+,50+,51-,53+,54+,55+,56+,57+,58+,59+,60+,61+,62+,63+,65-,66-,67-,68+,69+,70+/m1/s1. The Morgan fingerprint density at radius 2 is 1.16 bits per heavy atom. The first kappa shape index (κ1) is 73.4. The van der Waals surface area contributed by atoms with E-state index in [-0.39, 0.29) is 49.7 Å². The maximum atomic E-state index is 14.0. The first-order valence-corrected chi connectivity index (χ1v) is 34.3. The van der Waals surface area contributed by atoms with Gasteiger partial charge in [-0.25, -0.2) is 9.59 Å². The van der Waals surface area contributed by atoms with Gasteiger partial charge in [0.25, 0.3) is 0 Å². The van der Waals surface area contributed by atoms with E-state index in [1.54, 1.807) is 60.3 Å². The molecule has 96 heavy (non-hydrogen) atoms. The lowest BCUT2D eigenvalue weighted by molar-refractivity contribution is -0.359. The first-order valence-electron chi connectivity index (χ1n) is 34.3. The summed E-state index contributed by atoms with van der Waals surface area (Å²) >= 11 is 0. The fourth-order valence-electron chi connectivity index (χ4n) is 18.0. The van der Waals surface area contributed by atoms with E-state index in [0.717, 1.165) is 5.56 Å². The third-order valence-corrected chi connectivity index (χ3v) is 23.6. The first-order chi connectivity index (χ1) is 45.8. The van der Waals surface area contributed by atoms with Gasteiger partial charge in [-0.1, -0.05) is 44.2 Å². The molecule has 7 N–H and O–H groups in total. The van der Waals surface area contributed by atoms with E-state index >= 15 is 0 Å². The van der Waals surface area contributed by atoms with Crippen molar-refractivity contribution in [1.29, 1.82) is 0 Å². The minimum atomic E-state index is -1.98. The van der Waals surface area contributed by atoms with Gasteiger partial charge in [-0.15, -0.1) is 0 Å². The van der Waals surface area contributed by atoms with Crippen LogP contribution in [0.5, 0.6) is 0 Å². The van der Waals surface area contributed by atoms with Crippen LogP contribution in [0, 0.1) is 22.7 Å². The molecule has 26 heteroatoms. The van der Waals surface area contributed by atoms with E-state index < -0.39 is 193 Å². The number of esters is 2. The fraction of sp³-hybridized carbons (Fsp3) is 0.786. The molecule has 5 saturated heterocycles. The van der Waals surface area contributed by atoms with Crippen molar-refractivity contribution in [3.8, 4) is 0 Å². The van der Waals surface area contributed by atoms with Crippen molar-refractivity contribution in [3.63, 3.8) is 0 Å². The summed E-state index contributed by atoms with van der Waals surface area (Å²) in [5, 5.41) is 81.0. The maximum Gasteiger partial charge on any atom is 0.340 e. The summed E-state index contributed by atoms with van der Waals surface area (Å²) in [7, 11) is 6.36. The van der Waals surface area contributed by atoms with Crippen LogP contribution in [0.15, 0.2) is 60.9 Å². The predicted octanol–water partition coefficient (Wildman–Crippen LogP) is 4.19. The van der Waals surface area contributed by atoms with Crippen LogP contribution in [0.4, 0.5) is 0 Å². The molecule has 6 heterocycles. The van der Waals surface area contributed by atoms with Gasteiger partial charge in [0, 0.05) is 72.6 Å². The molecule has 0 bridgehead atoms. The van der Waals surface area contributed by atoms with Crippen molar-refractivity contribution in [2.24, 2.45) is 22.7 Å². The molecule has 0 amide bonds. The monoisotopic (exact) mass is 1360 g/mol. The van der Waals surface area contributed by atoms with Gasteiger partial charge in [-0.05, 0) is 127 Å². The number of methoxy groups -OCH3 is 4. The van der Waals surface area contributed by atoms with E-state index in [4.69, 9.17) is 75.8 Å². The van der Waals surface area contributed by atoms with Gasteiger partial charge in [-0.3, -0.25) is 4.98 Å². The molecule has 2 aromatic rings. The summed E-state index contributed by atoms with van der Waals surface area (Å²) in [5.41, 5.74) is -6.96. The smallest absolute Gasteiger partial charge is 0.340 e. The normalized spacial score (nSPS) is 46.9. The Hall–Kier alpha value is -3.79. The van der Waals surface area contributed by atoms with Gasteiger partial charge in [0.2, 0.25) is 0 Å². The quantitative estimate of drug-likeness (QED) is 0.0523. The molecule has 9 aliphatic rings. The number of aliphatic hydroxyl groups is 7. The van der Waals surface area contributed by atoms with Gasteiger partial charge in [0.1, 0.15) is 72.2 Å². The van der Waals surface area contributed by atoms with Gasteiger partial charge in [-0.2, -0.15) is 0 Å². The van der Waals surface area contributed by atoms with Crippen molar-refractivity contribution >= 4 is 18.0 Å². The number of aromatic nitrogens is 1. The number of rotatable bonds is 21. The van der Waals surface area contributed by atoms with Crippen LogP contribution in [0.3, 0.4) is 0 Å². The van der Waals surface area contributed by atoms with Gasteiger partial charge >= 0.3 is 11.9 Å². The largest absolute Gasteiger partial charge is 0.458 e. The van der Waals surface area contributed by atoms with Crippen molar-refractivity contribution in [1.82, 2.24) is 4.98 Å². The Morgan fingerprint density at radius 1 is 0.625 bits per heavy atom. The second-order valence-electron chi connectivity index (χ2n) is 28.7. The van der Waals surface area contributed by atoms with Crippen molar-refractivity contribution in [2.75, 3.05) is 35.0 Å². The molecule has 26 nitrogen and oxygen atoms in total. The predicted molar refractivity (Wildman–Crippen MR) is 337 cm³/mol. The summed E-state index contributed by atoms with van der Waals surface area (Å²) in [6.45, 7) is 12.3. The Balaban J connectivity index is 0.687. The highest BCUT2D eigenvalue weighted by Gasteiger charge is 2.82. The van der Waals surface area contributed by atoms with Gasteiger partial charge in [0.15, 0.2) is 31.5 Å². The Bertz CT molecular complexity index is 2920. The lowest BCUT2D eigenvalue weighted by Gasteiger charge is -2.69. The molecule has 4 saturated carbocycles. The molecule has 4 aliphatic carbocycles. The van der Waals surface area contributed by atoms with E-state index in [1.807, 2.05) is 51.1 Å². The minimum absolute atomic E-state index is 0.0264. The number of hydrogen-bond acceptors (Lipinski definition) is 26. The van der Waals surface area contributed by atoms with Gasteiger partial charge in [0.05, 0.1) is 78.1 Å². The second kappa shape index (κ2) is 30.0. The molecule has 0 unspecified atom stereocenters. The summed E-state index contributed by atoms with van der Waals surface area (Å²) in [4.78, 5) is 31.6. The number of ether oxygens (including phenoxy) is 16. The molecular weight excluding hydrogens is 1250 g/mol. The molecule has 1 aromatic heterocycles. The molecule has 11 rings (SSSR count). The van der Waals surface area contributed by atoms with Crippen molar-refractivity contribution in [2.45, 2.75) is 290 Å². The molecule has 538 valence electrons. The van der Waals surface area contributed by atoms with Crippen LogP contribution < -0.4 is 0 Å². The van der Waals surface area contributed by atoms with Crippen LogP contribution in [-0.2, 0) is 80.6 Å². The van der Waals surface area contributed by atoms with Crippen molar-refractivity contribution in [3.05, 3.63) is 72.1 Å². The Kier molecular flexibility index (Phi) is 23.0. The average Bonchev–Trinajstić information content (AvgIpc) is 1.38. The van der Waals surface area contributed by atoms with E-state index in [2.05, 4.69) is 11.9 Å². The number of benzene rings is 1. The molecule has 5 aliphatic heterocycles. The third-order valence-electron chi connectivity index (χ3n) is 23.6. The summed E-state index contributed by atoms with van der Waals surface area (Å²) in [6.07, 6.45) is -9.62. The molecule has 1 aromatic carbocycles. The zero-order valence-corrected chi connectivity index (χ0v) is 57.0. The van der Waals surface area contributed by atoms with Crippen LogP contribution in [0.2, 0.25) is 0 Å². The lowest BCUT2D eigenvalue weighted by Crippen LogP contribution is -2.79. The van der Waals surface area contributed by atoms with E-state index in [1.165, 1.54) is 25.6 Å². The number of fused-ring (bicyclic) bond motifs is 5.